The van der Waals surface area contributed by atoms with Gasteiger partial charge in [-0.2, -0.15) is 11.8 Å². The Bertz CT molecular complexity index is 254. The van der Waals surface area contributed by atoms with Gasteiger partial charge in [-0.25, -0.2) is 0 Å². The molecule has 0 radical (unpaired) electrons. The van der Waals surface area contributed by atoms with Crippen LogP contribution in [0.25, 0.3) is 0 Å². The first kappa shape index (κ1) is 14.6. The van der Waals surface area contributed by atoms with Crippen molar-refractivity contribution in [2.75, 3.05) is 45.1 Å². The smallest absolute Gasteiger partial charge is 0.0547 e. The van der Waals surface area contributed by atoms with E-state index in [0.717, 1.165) is 25.0 Å². The molecule has 18 heavy (non-hydrogen) atoms. The molecule has 2 unspecified atom stereocenters. The Morgan fingerprint density at radius 1 is 1.50 bits per heavy atom. The number of thioether (sulfide) groups is 1. The third kappa shape index (κ3) is 4.12. The zero-order valence-corrected chi connectivity index (χ0v) is 12.9. The molecule has 3 nitrogen and oxygen atoms in total. The van der Waals surface area contributed by atoms with Gasteiger partial charge in [-0.1, -0.05) is 20.8 Å². The van der Waals surface area contributed by atoms with E-state index in [9.17, 15) is 0 Å². The predicted molar refractivity (Wildman–Crippen MR) is 79.4 cm³/mol. The lowest BCUT2D eigenvalue weighted by molar-refractivity contribution is 0.108. The van der Waals surface area contributed by atoms with E-state index in [1.807, 2.05) is 0 Å². The van der Waals surface area contributed by atoms with E-state index in [4.69, 9.17) is 4.74 Å². The Hall–Kier alpha value is 0.230. The van der Waals surface area contributed by atoms with Crippen molar-refractivity contribution >= 4 is 11.8 Å². The first-order valence-electron chi connectivity index (χ1n) is 7.25. The van der Waals surface area contributed by atoms with E-state index < -0.39 is 0 Å². The fourth-order valence-electron chi connectivity index (χ4n) is 2.90. The zero-order chi connectivity index (χ0) is 13.0. The standard InChI is InChI=1S/C14H28N2OS/c1-12(2)15-9-14(4-6-17-11-14)10-16-5-7-18-13(3)8-16/h12-13,15H,4-11H2,1-3H3. The van der Waals surface area contributed by atoms with E-state index >= 15 is 0 Å². The molecule has 1 N–H and O–H groups in total. The van der Waals surface area contributed by atoms with Crippen molar-refractivity contribution in [2.45, 2.75) is 38.5 Å². The van der Waals surface area contributed by atoms with E-state index in [0.29, 0.717) is 11.5 Å². The van der Waals surface area contributed by atoms with Crippen LogP contribution in [-0.4, -0.2) is 61.3 Å². The van der Waals surface area contributed by atoms with Crippen molar-refractivity contribution in [1.29, 1.82) is 0 Å². The van der Waals surface area contributed by atoms with Gasteiger partial charge in [-0.3, -0.25) is 0 Å². The second kappa shape index (κ2) is 6.60. The monoisotopic (exact) mass is 272 g/mol. The molecule has 2 rings (SSSR count). The molecule has 0 aromatic heterocycles. The highest BCUT2D eigenvalue weighted by Crippen LogP contribution is 2.31. The number of hydrogen-bond donors (Lipinski definition) is 1. The first-order valence-corrected chi connectivity index (χ1v) is 8.30. The summed E-state index contributed by atoms with van der Waals surface area (Å²) in [6.45, 7) is 13.5. The fraction of sp³-hybridized carbons (Fsp3) is 1.00. The number of hydrogen-bond acceptors (Lipinski definition) is 4. The van der Waals surface area contributed by atoms with Crippen LogP contribution < -0.4 is 5.32 Å². The van der Waals surface area contributed by atoms with Gasteiger partial charge in [0.25, 0.3) is 0 Å². The summed E-state index contributed by atoms with van der Waals surface area (Å²) in [4.78, 5) is 2.65. The molecule has 4 heteroatoms. The summed E-state index contributed by atoms with van der Waals surface area (Å²) in [5.74, 6) is 1.29. The van der Waals surface area contributed by atoms with E-state index in [-0.39, 0.29) is 0 Å². The Balaban J connectivity index is 1.88. The second-order valence-corrected chi connectivity index (χ2v) is 7.80. The summed E-state index contributed by atoms with van der Waals surface area (Å²) in [6.07, 6.45) is 1.21. The molecule has 2 saturated heterocycles. The van der Waals surface area contributed by atoms with Crippen molar-refractivity contribution < 1.29 is 4.74 Å². The minimum absolute atomic E-state index is 0.353. The van der Waals surface area contributed by atoms with E-state index in [1.54, 1.807) is 0 Å². The van der Waals surface area contributed by atoms with Crippen molar-refractivity contribution in [3.8, 4) is 0 Å². The van der Waals surface area contributed by atoms with Crippen LogP contribution in [0.4, 0.5) is 0 Å². The van der Waals surface area contributed by atoms with Crippen LogP contribution in [0.3, 0.4) is 0 Å². The van der Waals surface area contributed by atoms with Crippen molar-refractivity contribution in [1.82, 2.24) is 10.2 Å². The number of nitrogens with zero attached hydrogens (tertiary/aromatic N) is 1. The summed E-state index contributed by atoms with van der Waals surface area (Å²) in [6, 6.07) is 0.568. The summed E-state index contributed by atoms with van der Waals surface area (Å²) in [5, 5.41) is 4.41. The van der Waals surface area contributed by atoms with Gasteiger partial charge in [0.1, 0.15) is 0 Å². The van der Waals surface area contributed by atoms with Crippen LogP contribution in [0.1, 0.15) is 27.2 Å². The lowest BCUT2D eigenvalue weighted by Gasteiger charge is -2.38. The maximum absolute atomic E-state index is 5.69. The summed E-state index contributed by atoms with van der Waals surface area (Å²) in [7, 11) is 0. The molecule has 0 amide bonds. The molecule has 2 fully saturated rings. The Labute approximate surface area is 116 Å². The topological polar surface area (TPSA) is 24.5 Å². The van der Waals surface area contributed by atoms with Crippen LogP contribution in [0.2, 0.25) is 0 Å². The van der Waals surface area contributed by atoms with Crippen LogP contribution >= 0.6 is 11.8 Å². The SMILES string of the molecule is CC(C)NCC1(CN2CCSC(C)C2)CCOC1. The highest BCUT2D eigenvalue weighted by atomic mass is 32.2. The summed E-state index contributed by atoms with van der Waals surface area (Å²) in [5.41, 5.74) is 0.353. The Kier molecular flexibility index (Phi) is 5.36. The zero-order valence-electron chi connectivity index (χ0n) is 12.1. The van der Waals surface area contributed by atoms with Crippen molar-refractivity contribution in [3.05, 3.63) is 0 Å². The van der Waals surface area contributed by atoms with Crippen LogP contribution in [-0.2, 0) is 4.74 Å². The molecule has 0 aliphatic carbocycles. The van der Waals surface area contributed by atoms with E-state index in [2.05, 4.69) is 42.7 Å². The van der Waals surface area contributed by atoms with Crippen LogP contribution in [0.15, 0.2) is 0 Å². The number of ether oxygens (including phenoxy) is 1. The first-order chi connectivity index (χ1) is 8.60. The minimum Gasteiger partial charge on any atom is -0.381 e. The van der Waals surface area contributed by atoms with Gasteiger partial charge in [0.15, 0.2) is 0 Å². The minimum atomic E-state index is 0.353. The molecule has 0 aromatic carbocycles. The maximum Gasteiger partial charge on any atom is 0.0547 e. The maximum atomic E-state index is 5.69. The van der Waals surface area contributed by atoms with Crippen LogP contribution in [0.5, 0.6) is 0 Å². The highest BCUT2D eigenvalue weighted by molar-refractivity contribution is 7.99. The van der Waals surface area contributed by atoms with Gasteiger partial charge in [0.2, 0.25) is 0 Å². The molecule has 0 bridgehead atoms. The largest absolute Gasteiger partial charge is 0.381 e. The van der Waals surface area contributed by atoms with Gasteiger partial charge in [-0.15, -0.1) is 0 Å². The number of nitrogens with one attached hydrogen (secondary N) is 1. The molecule has 2 atom stereocenters. The average Bonchev–Trinajstić information content (AvgIpc) is 2.76. The van der Waals surface area contributed by atoms with Gasteiger partial charge in [-0.05, 0) is 6.42 Å². The third-order valence-corrected chi connectivity index (χ3v) is 5.09. The van der Waals surface area contributed by atoms with Gasteiger partial charge < -0.3 is 15.0 Å². The molecule has 0 aromatic rings. The second-order valence-electron chi connectivity index (χ2n) is 6.25. The molecular weight excluding hydrogens is 244 g/mol. The molecule has 0 saturated carbocycles. The van der Waals surface area contributed by atoms with Crippen molar-refractivity contribution in [3.63, 3.8) is 0 Å². The van der Waals surface area contributed by atoms with Crippen LogP contribution in [0, 0.1) is 5.41 Å². The Morgan fingerprint density at radius 3 is 2.94 bits per heavy atom. The van der Waals surface area contributed by atoms with Crippen molar-refractivity contribution in [2.24, 2.45) is 5.41 Å². The lowest BCUT2D eigenvalue weighted by Crippen LogP contribution is -2.49. The van der Waals surface area contributed by atoms with Gasteiger partial charge in [0, 0.05) is 55.2 Å². The molecule has 106 valence electrons. The molecule has 2 aliphatic heterocycles. The third-order valence-electron chi connectivity index (χ3n) is 3.95. The molecule has 2 aliphatic rings. The van der Waals surface area contributed by atoms with E-state index in [1.165, 1.54) is 31.8 Å². The van der Waals surface area contributed by atoms with Gasteiger partial charge >= 0.3 is 0 Å². The lowest BCUT2D eigenvalue weighted by atomic mass is 9.86. The Morgan fingerprint density at radius 2 is 2.33 bits per heavy atom. The fourth-order valence-corrected chi connectivity index (χ4v) is 3.98. The predicted octanol–water partition coefficient (Wildman–Crippen LogP) is 1.83. The molecule has 0 spiro atoms. The summed E-state index contributed by atoms with van der Waals surface area (Å²) < 4.78 is 5.69. The average molecular weight is 272 g/mol. The normalized spacial score (nSPS) is 34.3. The molecular formula is C14H28N2OS. The van der Waals surface area contributed by atoms with Gasteiger partial charge in [0.05, 0.1) is 6.61 Å². The molecule has 2 heterocycles. The summed E-state index contributed by atoms with van der Waals surface area (Å²) >= 11 is 2.11. The quantitative estimate of drug-likeness (QED) is 0.825. The number of rotatable bonds is 5. The highest BCUT2D eigenvalue weighted by Gasteiger charge is 2.37.